The first-order valence-corrected chi connectivity index (χ1v) is 45.8. The zero-order chi connectivity index (χ0) is 100. The Morgan fingerprint density at radius 2 is 1.08 bits per heavy atom. The smallest absolute Gasteiger partial charge is 0.305 e. The Morgan fingerprint density at radius 3 is 1.65 bits per heavy atom. The van der Waals surface area contributed by atoms with Crippen LogP contribution in [0.15, 0.2) is 128 Å². The number of aliphatic hydroxyl groups is 2. The number of para-hydroxylation sites is 1. The second-order valence-corrected chi connectivity index (χ2v) is 35.9. The minimum atomic E-state index is -1.89. The van der Waals surface area contributed by atoms with Gasteiger partial charge in [0, 0.05) is 102 Å². The van der Waals surface area contributed by atoms with Crippen LogP contribution < -0.4 is 54.0 Å². The number of ketones is 1. The van der Waals surface area contributed by atoms with E-state index in [1.807, 2.05) is 0 Å². The topological polar surface area (TPSA) is 572 Å². The number of amides is 13. The molecule has 2 aliphatic heterocycles. The van der Waals surface area contributed by atoms with E-state index in [4.69, 9.17) is 11.5 Å². The van der Waals surface area contributed by atoms with Crippen molar-refractivity contribution in [1.29, 1.82) is 0 Å². The normalized spacial score (nSPS) is 17.1. The molecule has 2 fully saturated rings. The van der Waals surface area contributed by atoms with Crippen LogP contribution in [0.25, 0.3) is 10.9 Å². The predicted molar refractivity (Wildman–Crippen MR) is 491 cm³/mol. The molecule has 0 radical (unpaired) electrons. The number of primary amides is 1. The van der Waals surface area contributed by atoms with Crippen LogP contribution >= 0.6 is 11.8 Å². The van der Waals surface area contributed by atoms with Gasteiger partial charge in [0.25, 0.3) is 0 Å². The summed E-state index contributed by atoms with van der Waals surface area (Å²) in [6.07, 6.45) is -4.77. The van der Waals surface area contributed by atoms with Crippen LogP contribution in [0, 0.1) is 29.3 Å². The van der Waals surface area contributed by atoms with Crippen molar-refractivity contribution >= 4 is 123 Å². The molecule has 3 heterocycles. The number of likely N-dealkylation sites (N-methyl/N-ethyl adjacent to an activating group) is 3. The molecule has 15 atom stereocenters. The van der Waals surface area contributed by atoms with Gasteiger partial charge in [0.05, 0.1) is 61.6 Å². The van der Waals surface area contributed by atoms with Crippen molar-refractivity contribution in [2.45, 2.75) is 215 Å². The van der Waals surface area contributed by atoms with Crippen molar-refractivity contribution in [3.63, 3.8) is 0 Å². The van der Waals surface area contributed by atoms with E-state index in [0.717, 1.165) is 19.6 Å². The Hall–Kier alpha value is -13.2. The molecular weight excluding hydrogens is 1790 g/mol. The summed E-state index contributed by atoms with van der Waals surface area (Å²) in [5, 5.41) is 73.1. The fraction of sp³-hybridized carbons (Fsp3) is 0.479. The number of aliphatic hydroxyl groups excluding tert-OH is 2. The highest BCUT2D eigenvalue weighted by Gasteiger charge is 2.47. The van der Waals surface area contributed by atoms with Crippen molar-refractivity contribution in [2.24, 2.45) is 23.3 Å². The number of nitrogens with two attached hydrogens (primary N) is 2. The van der Waals surface area contributed by atoms with E-state index in [-0.39, 0.29) is 68.5 Å². The van der Waals surface area contributed by atoms with Crippen LogP contribution in [0.4, 0.5) is 13.2 Å². The number of phenols is 1. The third kappa shape index (κ3) is 31.2. The minimum Gasteiger partial charge on any atom is -0.508 e. The minimum absolute atomic E-state index is 0.0254. The number of fused-ring (bicyclic) bond motifs is 1. The molecule has 136 heavy (non-hydrogen) atoms. The Bertz CT molecular complexity index is 5210. The number of carboxylic acid groups (broad SMARTS) is 2. The molecule has 6 aromatic rings. The number of likely N-dealkylation sites (tertiary alicyclic amines) is 2. The summed E-state index contributed by atoms with van der Waals surface area (Å²) in [4.78, 5) is 248. The zero-order valence-corrected chi connectivity index (χ0v) is 77.6. The van der Waals surface area contributed by atoms with Crippen molar-refractivity contribution in [3.05, 3.63) is 173 Å². The molecule has 0 saturated carbocycles. The number of aldehydes is 1. The van der Waals surface area contributed by atoms with E-state index in [1.54, 1.807) is 126 Å². The maximum atomic E-state index is 15.4. The quantitative estimate of drug-likeness (QED) is 0.0185. The zero-order valence-electron chi connectivity index (χ0n) is 76.8. The molecule has 38 nitrogen and oxygen atoms in total. The number of carboxylic acids is 2. The number of phenolic OH excluding ortho intramolecular Hbond substituents is 1. The number of unbranched alkanes of at least 4 members (excludes halogenated alkanes) is 1. The molecular formula is C94H121F3N16O22S. The average molecular weight is 1920 g/mol. The maximum Gasteiger partial charge on any atom is 0.305 e. The van der Waals surface area contributed by atoms with Crippen LogP contribution in [0.3, 0.4) is 0 Å². The lowest BCUT2D eigenvalue weighted by Crippen LogP contribution is -2.60. The number of β-amino-alcohol motifs (C(OH)–C–C–N with tert-alkyl or cyclic N) is 2. The molecule has 2 saturated heterocycles. The van der Waals surface area contributed by atoms with Gasteiger partial charge >= 0.3 is 11.9 Å². The van der Waals surface area contributed by atoms with E-state index in [2.05, 4.69) is 47.5 Å². The van der Waals surface area contributed by atoms with Gasteiger partial charge in [0.15, 0.2) is 23.2 Å². The van der Waals surface area contributed by atoms with Crippen LogP contribution in [-0.4, -0.2) is 305 Å². The molecule has 8 rings (SSSR count). The number of thioether (sulfide) groups is 1. The first-order chi connectivity index (χ1) is 64.5. The number of benzene rings is 5. The fourth-order valence-electron chi connectivity index (χ4n) is 16.1. The van der Waals surface area contributed by atoms with Crippen molar-refractivity contribution < 1.29 is 120 Å². The lowest BCUT2D eigenvalue weighted by atomic mass is 9.98. The van der Waals surface area contributed by atoms with Gasteiger partial charge < -0.3 is 108 Å². The van der Waals surface area contributed by atoms with E-state index in [1.165, 1.54) is 50.3 Å². The molecule has 5 aromatic carbocycles. The Morgan fingerprint density at radius 1 is 0.559 bits per heavy atom. The van der Waals surface area contributed by atoms with E-state index < -0.39 is 278 Å². The van der Waals surface area contributed by atoms with E-state index in [9.17, 15) is 82.7 Å². The monoisotopic (exact) mass is 1910 g/mol. The summed E-state index contributed by atoms with van der Waals surface area (Å²) in [6, 6.07) is 10.6. The summed E-state index contributed by atoms with van der Waals surface area (Å²) in [5.41, 5.74) is 13.8. The molecule has 736 valence electrons. The van der Waals surface area contributed by atoms with Gasteiger partial charge in [-0.05, 0) is 95.7 Å². The Balaban J connectivity index is 1.04. The number of hydrogen-bond donors (Lipinski definition) is 16. The highest BCUT2D eigenvalue weighted by molar-refractivity contribution is 8.00. The third-order valence-corrected chi connectivity index (χ3v) is 24.7. The molecule has 1 aromatic heterocycles. The van der Waals surface area contributed by atoms with Gasteiger partial charge in [-0.2, -0.15) is 0 Å². The number of aromatic amines is 1. The van der Waals surface area contributed by atoms with Gasteiger partial charge in [0.1, 0.15) is 66.4 Å². The number of aliphatic carboxylic acids is 2. The maximum absolute atomic E-state index is 15.4. The number of carbonyl (C=O) groups is 17. The number of hydrogen-bond acceptors (Lipinski definition) is 23. The molecule has 0 spiro atoms. The van der Waals surface area contributed by atoms with Crippen molar-refractivity contribution in [3.8, 4) is 5.75 Å². The summed E-state index contributed by atoms with van der Waals surface area (Å²) in [7, 11) is 3.84. The highest BCUT2D eigenvalue weighted by atomic mass is 32.2. The van der Waals surface area contributed by atoms with Gasteiger partial charge in [-0.3, -0.25) is 82.0 Å². The van der Waals surface area contributed by atoms with E-state index >= 15 is 37.5 Å². The summed E-state index contributed by atoms with van der Waals surface area (Å²) >= 11 is 0.641. The standard InChI is InChI=1S/C94H121F3N16O22S/c1-9-10-25-72(93(134)113-47-61(117)41-74(113)88(129)103-58(48-114)40-81(123)124)109(6)92(133)76(38-54-21-15-12-16-22-54)111(8)90(131)70(36-56-33-63(95)82(97)64(96)34-56)104-79(120)50-136-49-71(84(125)102-45-78(98)119)108-85(126)67(32-51(2)3)105-86(127)68(35-55-26-28-59(115)29-27-55)106-87(128)69(39-57-43-100-65-24-18-17-23-62(57)65)107-89(130)75-42-60(116)46-112(75)91(132)66(30-31-80(121)122)101-44-77(118)73(37-53-19-13-11-14-20-53)110(7)94(135)83(99)52(4)5/h11-24,26-29,33-34,43,48,51-52,58,60-61,66-76,83,100-101,115-117H,9-10,25,30-32,35-42,44-47,49-50,99H2,1-8H3,(H2,98,119)(H,102,125)(H,103,129)(H,104,120)(H,105,127)(H,106,128)(H,107,130)(H,108,126)(H,121,122)(H,123,124)/t58-,60-,61-,66-,67-,68-,69-,70-,71-,72-,73?,74+,75+,76-,83-/m0/s1. The first kappa shape index (κ1) is 108. The molecule has 2 aliphatic rings. The number of nitrogens with one attached hydrogen (secondary N) is 9. The number of Topliss-reactive ketones (excluding diaryl/α,β-unsaturated/α-hetero) is 1. The Kier molecular flexibility index (Phi) is 40.9. The molecule has 42 heteroatoms. The van der Waals surface area contributed by atoms with Crippen molar-refractivity contribution in [2.75, 3.05) is 58.8 Å². The predicted octanol–water partition coefficient (Wildman–Crippen LogP) is 0.737. The molecule has 13 amide bonds. The molecule has 0 aliphatic carbocycles. The number of aromatic hydroxyl groups is 1. The Labute approximate surface area is 787 Å². The second-order valence-electron chi connectivity index (χ2n) is 34.9. The fourth-order valence-corrected chi connectivity index (χ4v) is 17.0. The summed E-state index contributed by atoms with van der Waals surface area (Å²) < 4.78 is 44.9. The number of rotatable bonds is 52. The molecule has 0 bridgehead atoms. The van der Waals surface area contributed by atoms with Crippen molar-refractivity contribution in [1.82, 2.24) is 72.0 Å². The number of halogens is 3. The number of aromatic nitrogens is 1. The molecule has 1 unspecified atom stereocenters. The van der Waals surface area contributed by atoms with Gasteiger partial charge in [-0.15, -0.1) is 11.8 Å². The highest BCUT2D eigenvalue weighted by Crippen LogP contribution is 2.29. The third-order valence-electron chi connectivity index (χ3n) is 23.6. The number of H-pyrrole nitrogens is 1. The van der Waals surface area contributed by atoms with Crippen LogP contribution in [0.5, 0.6) is 5.75 Å². The van der Waals surface area contributed by atoms with Crippen LogP contribution in [0.1, 0.15) is 120 Å². The number of carbonyl (C=O) groups excluding carboxylic acids is 15. The molecule has 18 N–H and O–H groups in total. The second kappa shape index (κ2) is 51.5. The average Bonchev–Trinajstić information content (AvgIpc) is 1.55. The summed E-state index contributed by atoms with van der Waals surface area (Å²) in [6.45, 7) is 6.30. The van der Waals surface area contributed by atoms with E-state index in [0.29, 0.717) is 69.9 Å². The lowest BCUT2D eigenvalue weighted by Gasteiger charge is -2.37. The SMILES string of the molecule is CCCC[C@@H](C(=O)N1C[C@@H](O)C[C@@H]1C(=O)N[C@H](C=O)CC(=O)O)N(C)C(=O)[C@H](Cc1ccccc1)N(C)C(=O)[C@H](Cc1cc(F)c(F)c(F)c1)NC(=O)CSC[C@H](NC(=O)[C@H](CC(C)C)NC(=O)[C@H](Cc1ccc(O)cc1)NC(=O)[C@H](Cc1c[nH]c2ccccc12)NC(=O)[C@H]1C[C@H](O)CN1C(=O)[C@H](CCC(=O)O)NCC(=O)C(Cc1ccccc1)N(C)C(=O)[C@@H](N)C(C)C)C(=O)NCC(N)=O. The summed E-state index contributed by atoms with van der Waals surface area (Å²) in [5.74, 6) is -23.4. The van der Waals surface area contributed by atoms with Crippen LogP contribution in [0.2, 0.25) is 0 Å². The first-order valence-electron chi connectivity index (χ1n) is 44.6. The van der Waals surface area contributed by atoms with Crippen LogP contribution in [-0.2, 0) is 114 Å². The van der Waals surface area contributed by atoms with Gasteiger partial charge in [-0.1, -0.05) is 138 Å². The number of nitrogens with zero attached hydrogens (tertiary/aromatic N) is 5. The van der Waals surface area contributed by atoms with Gasteiger partial charge in [0.2, 0.25) is 76.8 Å². The van der Waals surface area contributed by atoms with Gasteiger partial charge in [-0.25, -0.2) is 13.2 Å². The largest absolute Gasteiger partial charge is 0.508 e. The lowest BCUT2D eigenvalue weighted by molar-refractivity contribution is -0.152.